The summed E-state index contributed by atoms with van der Waals surface area (Å²) in [5, 5.41) is 10.3. The summed E-state index contributed by atoms with van der Waals surface area (Å²) < 4.78 is 0. The van der Waals surface area contributed by atoms with Crippen molar-refractivity contribution in [3.63, 3.8) is 0 Å². The number of aryl methyl sites for hydroxylation is 2. The van der Waals surface area contributed by atoms with Gasteiger partial charge in [0.1, 0.15) is 5.01 Å². The van der Waals surface area contributed by atoms with Gasteiger partial charge in [-0.2, -0.15) is 5.10 Å². The van der Waals surface area contributed by atoms with E-state index in [-0.39, 0.29) is 11.9 Å². The summed E-state index contributed by atoms with van der Waals surface area (Å²) in [6.45, 7) is 6.06. The van der Waals surface area contributed by atoms with E-state index in [0.717, 1.165) is 17.1 Å². The first-order chi connectivity index (χ1) is 8.61. The van der Waals surface area contributed by atoms with Gasteiger partial charge in [0.15, 0.2) is 0 Å². The Labute approximate surface area is 110 Å². The van der Waals surface area contributed by atoms with Crippen molar-refractivity contribution in [1.82, 2.24) is 20.5 Å². The highest BCUT2D eigenvalue weighted by Crippen LogP contribution is 2.25. The van der Waals surface area contributed by atoms with Crippen molar-refractivity contribution >= 4 is 17.2 Å². The molecule has 0 aliphatic carbocycles. The number of carbonyl (C=O) groups is 1. The lowest BCUT2D eigenvalue weighted by atomic mass is 10.2. The Morgan fingerprint density at radius 1 is 1.56 bits per heavy atom. The molecular weight excluding hydrogens is 248 g/mol. The standard InChI is InChI=1S/C12H16N4OS/c1-4-10(12-15-7(2)8(3)18-12)16-11(17)9-5-13-14-6-9/h5-6,10H,4H2,1-3H3,(H,13,14)(H,16,17)/t10-/m1/s1. The van der Waals surface area contributed by atoms with Gasteiger partial charge in [-0.15, -0.1) is 11.3 Å². The number of amides is 1. The molecule has 1 atom stereocenters. The molecule has 0 saturated carbocycles. The summed E-state index contributed by atoms with van der Waals surface area (Å²) in [5.74, 6) is -0.124. The minimum absolute atomic E-state index is 0.0372. The van der Waals surface area contributed by atoms with Crippen LogP contribution in [0.3, 0.4) is 0 Å². The van der Waals surface area contributed by atoms with Crippen LogP contribution >= 0.6 is 11.3 Å². The molecule has 0 unspecified atom stereocenters. The maximum Gasteiger partial charge on any atom is 0.255 e. The third kappa shape index (κ3) is 2.59. The SMILES string of the molecule is CC[C@@H](NC(=O)c1cn[nH]c1)c1nc(C)c(C)s1. The largest absolute Gasteiger partial charge is 0.343 e. The lowest BCUT2D eigenvalue weighted by molar-refractivity contribution is 0.0935. The van der Waals surface area contributed by atoms with E-state index in [9.17, 15) is 4.79 Å². The molecule has 0 saturated heterocycles. The van der Waals surface area contributed by atoms with Crippen molar-refractivity contribution in [2.24, 2.45) is 0 Å². The number of aromatic nitrogens is 3. The summed E-state index contributed by atoms with van der Waals surface area (Å²) in [4.78, 5) is 17.6. The lowest BCUT2D eigenvalue weighted by Crippen LogP contribution is -2.27. The van der Waals surface area contributed by atoms with E-state index in [1.807, 2.05) is 20.8 Å². The van der Waals surface area contributed by atoms with Crippen molar-refractivity contribution in [2.75, 3.05) is 0 Å². The quantitative estimate of drug-likeness (QED) is 0.890. The van der Waals surface area contributed by atoms with Crippen molar-refractivity contribution in [3.05, 3.63) is 33.5 Å². The molecule has 2 aromatic heterocycles. The number of hydrogen-bond acceptors (Lipinski definition) is 4. The molecule has 18 heavy (non-hydrogen) atoms. The molecule has 0 radical (unpaired) electrons. The fourth-order valence-corrected chi connectivity index (χ4v) is 2.66. The fourth-order valence-electron chi connectivity index (χ4n) is 1.60. The normalized spacial score (nSPS) is 12.4. The van der Waals surface area contributed by atoms with Gasteiger partial charge in [-0.05, 0) is 20.3 Å². The summed E-state index contributed by atoms with van der Waals surface area (Å²) in [6.07, 6.45) is 3.91. The Balaban J connectivity index is 2.12. The van der Waals surface area contributed by atoms with Gasteiger partial charge in [0.2, 0.25) is 0 Å². The fraction of sp³-hybridized carbons (Fsp3) is 0.417. The average molecular weight is 264 g/mol. The van der Waals surface area contributed by atoms with Crippen LogP contribution in [0.25, 0.3) is 0 Å². The Kier molecular flexibility index (Phi) is 3.76. The molecule has 2 N–H and O–H groups in total. The van der Waals surface area contributed by atoms with E-state index in [1.54, 1.807) is 17.5 Å². The maximum absolute atomic E-state index is 11.9. The van der Waals surface area contributed by atoms with Gasteiger partial charge in [0.25, 0.3) is 5.91 Å². The highest BCUT2D eigenvalue weighted by molar-refractivity contribution is 7.11. The van der Waals surface area contributed by atoms with Gasteiger partial charge >= 0.3 is 0 Å². The molecule has 5 nitrogen and oxygen atoms in total. The lowest BCUT2D eigenvalue weighted by Gasteiger charge is -2.13. The smallest absolute Gasteiger partial charge is 0.255 e. The number of rotatable bonds is 4. The molecule has 2 aromatic rings. The molecular formula is C12H16N4OS. The number of aromatic amines is 1. The first-order valence-electron chi connectivity index (χ1n) is 5.85. The number of carbonyl (C=O) groups excluding carboxylic acids is 1. The Hall–Kier alpha value is -1.69. The molecule has 0 bridgehead atoms. The van der Waals surface area contributed by atoms with Crippen molar-refractivity contribution in [1.29, 1.82) is 0 Å². The van der Waals surface area contributed by atoms with Crippen LogP contribution in [0.15, 0.2) is 12.4 Å². The predicted molar refractivity (Wildman–Crippen MR) is 70.7 cm³/mol. The molecule has 6 heteroatoms. The van der Waals surface area contributed by atoms with Gasteiger partial charge in [0, 0.05) is 11.1 Å². The summed E-state index contributed by atoms with van der Waals surface area (Å²) in [7, 11) is 0. The first kappa shape index (κ1) is 12.8. The highest BCUT2D eigenvalue weighted by Gasteiger charge is 2.18. The van der Waals surface area contributed by atoms with Gasteiger partial charge in [-0.3, -0.25) is 9.89 Å². The van der Waals surface area contributed by atoms with Crippen LogP contribution in [-0.4, -0.2) is 21.1 Å². The van der Waals surface area contributed by atoms with Gasteiger partial charge < -0.3 is 5.32 Å². The third-order valence-corrected chi connectivity index (χ3v) is 4.00. The van der Waals surface area contributed by atoms with Gasteiger partial charge in [0.05, 0.1) is 23.5 Å². The molecule has 96 valence electrons. The Bertz CT molecular complexity index is 513. The van der Waals surface area contributed by atoms with Crippen molar-refractivity contribution < 1.29 is 4.79 Å². The van der Waals surface area contributed by atoms with Crippen molar-refractivity contribution in [2.45, 2.75) is 33.2 Å². The molecule has 0 aromatic carbocycles. The minimum Gasteiger partial charge on any atom is -0.343 e. The molecule has 2 rings (SSSR count). The predicted octanol–water partition coefficient (Wildman–Crippen LogP) is 2.36. The van der Waals surface area contributed by atoms with E-state index >= 15 is 0 Å². The van der Waals surface area contributed by atoms with Crippen molar-refractivity contribution in [3.8, 4) is 0 Å². The van der Waals surface area contributed by atoms with E-state index in [2.05, 4.69) is 20.5 Å². The summed E-state index contributed by atoms with van der Waals surface area (Å²) in [5.41, 5.74) is 1.57. The van der Waals surface area contributed by atoms with Crippen LogP contribution in [0.1, 0.15) is 45.3 Å². The van der Waals surface area contributed by atoms with Crippen LogP contribution in [0.2, 0.25) is 0 Å². The molecule has 0 spiro atoms. The first-order valence-corrected chi connectivity index (χ1v) is 6.67. The third-order valence-electron chi connectivity index (χ3n) is 2.82. The second-order valence-electron chi connectivity index (χ2n) is 4.11. The van der Waals surface area contributed by atoms with Crippen LogP contribution in [0.4, 0.5) is 0 Å². The Morgan fingerprint density at radius 2 is 2.33 bits per heavy atom. The zero-order valence-electron chi connectivity index (χ0n) is 10.7. The number of thiazole rings is 1. The topological polar surface area (TPSA) is 70.7 Å². The second kappa shape index (κ2) is 5.30. The summed E-state index contributed by atoms with van der Waals surface area (Å²) >= 11 is 1.64. The second-order valence-corrected chi connectivity index (χ2v) is 5.35. The highest BCUT2D eigenvalue weighted by atomic mass is 32.1. The van der Waals surface area contributed by atoms with Crippen LogP contribution in [0.5, 0.6) is 0 Å². The van der Waals surface area contributed by atoms with Gasteiger partial charge in [-0.1, -0.05) is 6.92 Å². The molecule has 0 aliphatic heterocycles. The zero-order valence-corrected chi connectivity index (χ0v) is 11.5. The molecule has 0 aliphatic rings. The number of H-pyrrole nitrogens is 1. The maximum atomic E-state index is 11.9. The number of hydrogen-bond donors (Lipinski definition) is 2. The van der Waals surface area contributed by atoms with E-state index in [0.29, 0.717) is 5.56 Å². The molecule has 2 heterocycles. The van der Waals surface area contributed by atoms with Gasteiger partial charge in [-0.25, -0.2) is 4.98 Å². The number of nitrogens with one attached hydrogen (secondary N) is 2. The monoisotopic (exact) mass is 264 g/mol. The van der Waals surface area contributed by atoms with E-state index in [1.165, 1.54) is 11.1 Å². The van der Waals surface area contributed by atoms with Crippen LogP contribution < -0.4 is 5.32 Å². The average Bonchev–Trinajstić information content (AvgIpc) is 2.97. The van der Waals surface area contributed by atoms with Crippen LogP contribution in [-0.2, 0) is 0 Å². The van der Waals surface area contributed by atoms with Crippen LogP contribution in [0, 0.1) is 13.8 Å². The summed E-state index contributed by atoms with van der Waals surface area (Å²) in [6, 6.07) is -0.0372. The van der Waals surface area contributed by atoms with E-state index < -0.39 is 0 Å². The number of nitrogens with zero attached hydrogens (tertiary/aromatic N) is 2. The molecule has 1 amide bonds. The Morgan fingerprint density at radius 3 is 2.83 bits per heavy atom. The minimum atomic E-state index is -0.124. The zero-order chi connectivity index (χ0) is 13.1. The van der Waals surface area contributed by atoms with E-state index in [4.69, 9.17) is 0 Å². The molecule has 0 fully saturated rings.